The Kier molecular flexibility index (Phi) is 2.65. The van der Waals surface area contributed by atoms with Crippen molar-refractivity contribution in [2.24, 2.45) is 0 Å². The molecule has 4 nitrogen and oxygen atoms in total. The first-order chi connectivity index (χ1) is 8.33. The first-order valence-electron chi connectivity index (χ1n) is 5.32. The van der Waals surface area contributed by atoms with Gasteiger partial charge in [-0.15, -0.1) is 0 Å². The van der Waals surface area contributed by atoms with Crippen molar-refractivity contribution in [3.63, 3.8) is 0 Å². The minimum atomic E-state index is 0.755. The molecule has 0 aliphatic rings. The molecule has 3 aromatic rings. The van der Waals surface area contributed by atoms with Crippen LogP contribution in [0.2, 0.25) is 0 Å². The van der Waals surface area contributed by atoms with Gasteiger partial charge in [0.1, 0.15) is 0 Å². The quantitative estimate of drug-likeness (QED) is 0.685. The molecule has 0 bridgehead atoms. The molecular formula is C12H11AsN4. The number of aromatic nitrogens is 4. The molecule has 0 saturated heterocycles. The van der Waals surface area contributed by atoms with Gasteiger partial charge in [-0.05, 0) is 0 Å². The number of nitrogens with one attached hydrogen (secondary N) is 1. The Morgan fingerprint density at radius 3 is 2.76 bits per heavy atom. The molecule has 1 atom stereocenters. The van der Waals surface area contributed by atoms with Crippen molar-refractivity contribution in [2.45, 2.75) is 6.42 Å². The van der Waals surface area contributed by atoms with Gasteiger partial charge in [0.25, 0.3) is 0 Å². The van der Waals surface area contributed by atoms with Crippen molar-refractivity contribution in [1.29, 1.82) is 0 Å². The molecular weight excluding hydrogens is 275 g/mol. The number of aromatic amines is 1. The number of hydrogen-bond donors (Lipinski definition) is 1. The van der Waals surface area contributed by atoms with Gasteiger partial charge < -0.3 is 0 Å². The Morgan fingerprint density at radius 2 is 1.94 bits per heavy atom. The van der Waals surface area contributed by atoms with E-state index in [1.165, 1.54) is 22.4 Å². The van der Waals surface area contributed by atoms with Crippen LogP contribution < -0.4 is 4.61 Å². The third-order valence-electron chi connectivity index (χ3n) is 2.59. The molecule has 5 heteroatoms. The predicted molar refractivity (Wildman–Crippen MR) is 69.1 cm³/mol. The van der Waals surface area contributed by atoms with Crippen molar-refractivity contribution in [3.05, 3.63) is 47.9 Å². The average molecular weight is 286 g/mol. The molecule has 0 spiro atoms. The second-order valence-electron chi connectivity index (χ2n) is 3.79. The van der Waals surface area contributed by atoms with E-state index in [1.54, 1.807) is 6.33 Å². The molecule has 0 saturated carbocycles. The molecule has 1 aromatic carbocycles. The predicted octanol–water partition coefficient (Wildman–Crippen LogP) is 0.202. The molecule has 84 valence electrons. The molecule has 0 radical (unpaired) electrons. The third kappa shape index (κ3) is 2.08. The molecule has 17 heavy (non-hydrogen) atoms. The summed E-state index contributed by atoms with van der Waals surface area (Å²) >= 11 is 1.42. The second kappa shape index (κ2) is 4.30. The molecule has 2 aromatic heterocycles. The zero-order valence-corrected chi connectivity index (χ0v) is 11.5. The van der Waals surface area contributed by atoms with Gasteiger partial charge in [0, 0.05) is 0 Å². The van der Waals surface area contributed by atoms with E-state index in [4.69, 9.17) is 0 Å². The number of imidazole rings is 1. The van der Waals surface area contributed by atoms with Crippen molar-refractivity contribution >= 4 is 32.6 Å². The van der Waals surface area contributed by atoms with E-state index in [1.807, 2.05) is 18.2 Å². The summed E-state index contributed by atoms with van der Waals surface area (Å²) < 4.78 is 0.822. The molecule has 0 aliphatic heterocycles. The van der Waals surface area contributed by atoms with E-state index < -0.39 is 0 Å². The molecule has 1 N–H and O–H groups in total. The van der Waals surface area contributed by atoms with Crippen LogP contribution in [-0.4, -0.2) is 36.8 Å². The zero-order valence-electron chi connectivity index (χ0n) is 9.09. The topological polar surface area (TPSA) is 54.5 Å². The fourth-order valence-corrected chi connectivity index (χ4v) is 2.41. The average Bonchev–Trinajstić information content (AvgIpc) is 2.78. The van der Waals surface area contributed by atoms with Crippen LogP contribution in [0, 0.1) is 0 Å². The normalized spacial score (nSPS) is 10.9. The number of hydrogen-bond acceptors (Lipinski definition) is 3. The summed E-state index contributed by atoms with van der Waals surface area (Å²) in [5.41, 5.74) is 3.95. The number of rotatable bonds is 2. The maximum absolute atomic E-state index is 4.51. The fraction of sp³-hybridized carbons (Fsp3) is 0.0833. The van der Waals surface area contributed by atoms with Gasteiger partial charge in [-0.1, -0.05) is 0 Å². The van der Waals surface area contributed by atoms with E-state index >= 15 is 0 Å². The van der Waals surface area contributed by atoms with Crippen molar-refractivity contribution in [2.75, 3.05) is 0 Å². The van der Waals surface area contributed by atoms with Gasteiger partial charge in [0.2, 0.25) is 0 Å². The Bertz CT molecular complexity index is 648. The number of fused-ring (bicyclic) bond motifs is 1. The first-order valence-corrected chi connectivity index (χ1v) is 6.53. The summed E-state index contributed by atoms with van der Waals surface area (Å²) in [6.45, 7) is 0. The fourth-order valence-electron chi connectivity index (χ4n) is 1.83. The summed E-state index contributed by atoms with van der Waals surface area (Å²) in [7, 11) is 0. The van der Waals surface area contributed by atoms with Crippen molar-refractivity contribution in [1.82, 2.24) is 19.9 Å². The number of benzene rings is 1. The monoisotopic (exact) mass is 286 g/mol. The van der Waals surface area contributed by atoms with Gasteiger partial charge in [-0.3, -0.25) is 0 Å². The molecule has 2 heterocycles. The van der Waals surface area contributed by atoms with E-state index in [0.717, 1.165) is 27.9 Å². The van der Waals surface area contributed by atoms with Gasteiger partial charge in [-0.2, -0.15) is 0 Å². The summed E-state index contributed by atoms with van der Waals surface area (Å²) in [4.78, 5) is 16.1. The van der Waals surface area contributed by atoms with Crippen LogP contribution in [-0.2, 0) is 6.42 Å². The van der Waals surface area contributed by atoms with E-state index in [-0.39, 0.29) is 0 Å². The summed E-state index contributed by atoms with van der Waals surface area (Å²) in [5, 5.41) is 0. The Balaban J connectivity index is 2.08. The van der Waals surface area contributed by atoms with Gasteiger partial charge in [0.05, 0.1) is 0 Å². The SMILES string of the molecule is [AsH2]c1nc(Cc2ccccc2)c2[nH]cnc2n1. The van der Waals surface area contributed by atoms with Crippen LogP contribution in [0.3, 0.4) is 0 Å². The van der Waals surface area contributed by atoms with Crippen LogP contribution in [0.15, 0.2) is 36.7 Å². The molecule has 0 aliphatic carbocycles. The van der Waals surface area contributed by atoms with Crippen LogP contribution in [0.4, 0.5) is 0 Å². The van der Waals surface area contributed by atoms with Crippen LogP contribution in [0.25, 0.3) is 11.2 Å². The Morgan fingerprint density at radius 1 is 1.12 bits per heavy atom. The minimum absolute atomic E-state index is 0.755. The van der Waals surface area contributed by atoms with E-state index in [2.05, 4.69) is 32.1 Å². The number of H-pyrrole nitrogens is 1. The van der Waals surface area contributed by atoms with E-state index in [0.29, 0.717) is 0 Å². The van der Waals surface area contributed by atoms with Crippen molar-refractivity contribution < 1.29 is 0 Å². The molecule has 0 fully saturated rings. The van der Waals surface area contributed by atoms with E-state index in [9.17, 15) is 0 Å². The van der Waals surface area contributed by atoms with Crippen LogP contribution in [0.5, 0.6) is 0 Å². The standard InChI is InChI=1S/C12H11AsN4/c13-12-16-9(6-8-4-2-1-3-5-8)10-11(17-12)15-7-14-10/h1-5,7H,6,13H2,(H,14,15,16,17). The number of nitrogens with zero attached hydrogens (tertiary/aromatic N) is 3. The molecule has 0 amide bonds. The Hall–Kier alpha value is -1.67. The van der Waals surface area contributed by atoms with Crippen LogP contribution in [0.1, 0.15) is 11.3 Å². The summed E-state index contributed by atoms with van der Waals surface area (Å²) in [6, 6.07) is 10.3. The van der Waals surface area contributed by atoms with Gasteiger partial charge in [-0.25, -0.2) is 0 Å². The maximum atomic E-state index is 4.51. The second-order valence-corrected chi connectivity index (χ2v) is 4.88. The third-order valence-corrected chi connectivity index (χ3v) is 3.13. The molecule has 3 rings (SSSR count). The van der Waals surface area contributed by atoms with Gasteiger partial charge >= 0.3 is 107 Å². The van der Waals surface area contributed by atoms with Crippen molar-refractivity contribution in [3.8, 4) is 0 Å². The zero-order chi connectivity index (χ0) is 11.7. The summed E-state index contributed by atoms with van der Waals surface area (Å²) in [6.07, 6.45) is 2.47. The van der Waals surface area contributed by atoms with Gasteiger partial charge in [0.15, 0.2) is 0 Å². The first kappa shape index (κ1) is 10.5. The van der Waals surface area contributed by atoms with Crippen LogP contribution >= 0.6 is 0 Å². The molecule has 1 unspecified atom stereocenters. The summed E-state index contributed by atoms with van der Waals surface area (Å²) in [5.74, 6) is 0. The Labute approximate surface area is 107 Å².